The van der Waals surface area contributed by atoms with Gasteiger partial charge < -0.3 is 25.4 Å². The maximum absolute atomic E-state index is 8.52. The number of hydrogen-bond acceptors (Lipinski definition) is 8. The van der Waals surface area contributed by atoms with Crippen molar-refractivity contribution in [2.75, 3.05) is 32.2 Å². The standard InChI is InChI=1S/C7H12N4O4/c8-5-9-6(14-3-1-12)11-7(10-5)15-4-2-13/h12-13H,1-4H2,(H2,8,9,10,11). The van der Waals surface area contributed by atoms with E-state index in [1.807, 2.05) is 0 Å². The van der Waals surface area contributed by atoms with Gasteiger partial charge in [-0.05, 0) is 0 Å². The van der Waals surface area contributed by atoms with Crippen LogP contribution in [0, 0.1) is 0 Å². The zero-order chi connectivity index (χ0) is 11.1. The molecule has 0 saturated heterocycles. The molecule has 0 aliphatic heterocycles. The van der Waals surface area contributed by atoms with Crippen LogP contribution in [0.3, 0.4) is 0 Å². The summed E-state index contributed by atoms with van der Waals surface area (Å²) in [6.45, 7) is -0.192. The topological polar surface area (TPSA) is 124 Å². The second kappa shape index (κ2) is 5.94. The number of ether oxygens (including phenoxy) is 2. The third-order valence-electron chi connectivity index (χ3n) is 1.26. The highest BCUT2D eigenvalue weighted by atomic mass is 16.5. The number of nitrogens with two attached hydrogens (primary N) is 1. The van der Waals surface area contributed by atoms with E-state index >= 15 is 0 Å². The third kappa shape index (κ3) is 3.92. The zero-order valence-corrected chi connectivity index (χ0v) is 7.96. The number of aliphatic hydroxyl groups excluding tert-OH is 2. The molecule has 1 rings (SSSR count). The molecule has 0 fully saturated rings. The summed E-state index contributed by atoms with van der Waals surface area (Å²) in [6, 6.07) is -0.0472. The number of anilines is 1. The molecule has 0 bridgehead atoms. The van der Waals surface area contributed by atoms with Crippen LogP contribution in [0.2, 0.25) is 0 Å². The Morgan fingerprint density at radius 2 is 1.40 bits per heavy atom. The van der Waals surface area contributed by atoms with Gasteiger partial charge in [-0.15, -0.1) is 4.98 Å². The lowest BCUT2D eigenvalue weighted by molar-refractivity contribution is 0.177. The van der Waals surface area contributed by atoms with E-state index in [1.54, 1.807) is 0 Å². The van der Waals surface area contributed by atoms with Gasteiger partial charge >= 0.3 is 12.0 Å². The Hall–Kier alpha value is -1.67. The molecule has 0 saturated carbocycles. The van der Waals surface area contributed by atoms with Gasteiger partial charge in [-0.25, -0.2) is 0 Å². The van der Waals surface area contributed by atoms with Crippen molar-refractivity contribution in [2.24, 2.45) is 0 Å². The lowest BCUT2D eigenvalue weighted by Gasteiger charge is -2.05. The summed E-state index contributed by atoms with van der Waals surface area (Å²) in [6.07, 6.45) is 0. The molecule has 8 heteroatoms. The van der Waals surface area contributed by atoms with E-state index in [1.165, 1.54) is 0 Å². The summed E-state index contributed by atoms with van der Waals surface area (Å²) in [7, 11) is 0. The van der Waals surface area contributed by atoms with Crippen LogP contribution < -0.4 is 15.2 Å². The Balaban J connectivity index is 2.66. The van der Waals surface area contributed by atoms with Crippen molar-refractivity contribution >= 4 is 5.95 Å². The number of aromatic nitrogens is 3. The minimum Gasteiger partial charge on any atom is -0.461 e. The fourth-order valence-corrected chi connectivity index (χ4v) is 0.756. The number of rotatable bonds is 6. The smallest absolute Gasteiger partial charge is 0.324 e. The highest BCUT2D eigenvalue weighted by Crippen LogP contribution is 2.10. The molecule has 15 heavy (non-hydrogen) atoms. The van der Waals surface area contributed by atoms with Crippen LogP contribution in [-0.2, 0) is 0 Å². The second-order valence-corrected chi connectivity index (χ2v) is 2.40. The van der Waals surface area contributed by atoms with E-state index in [4.69, 9.17) is 25.4 Å². The fourth-order valence-electron chi connectivity index (χ4n) is 0.756. The Labute approximate surface area is 85.7 Å². The Morgan fingerprint density at radius 3 is 1.80 bits per heavy atom. The van der Waals surface area contributed by atoms with Crippen LogP contribution in [0.4, 0.5) is 5.95 Å². The van der Waals surface area contributed by atoms with E-state index in [2.05, 4.69) is 15.0 Å². The normalized spacial score (nSPS) is 10.0. The average molecular weight is 216 g/mol. The molecule has 0 radical (unpaired) electrons. The summed E-state index contributed by atoms with van der Waals surface area (Å²) >= 11 is 0. The maximum Gasteiger partial charge on any atom is 0.324 e. The molecule has 1 aromatic heterocycles. The Bertz CT molecular complexity index is 283. The number of nitrogens with zero attached hydrogens (tertiary/aromatic N) is 3. The van der Waals surface area contributed by atoms with Crippen LogP contribution >= 0.6 is 0 Å². The number of aliphatic hydroxyl groups is 2. The Morgan fingerprint density at radius 1 is 0.933 bits per heavy atom. The van der Waals surface area contributed by atoms with Gasteiger partial charge in [0.05, 0.1) is 13.2 Å². The van der Waals surface area contributed by atoms with Crippen molar-refractivity contribution < 1.29 is 19.7 Å². The molecule has 0 aromatic carbocycles. The maximum atomic E-state index is 8.52. The highest BCUT2D eigenvalue weighted by Gasteiger charge is 2.05. The lowest BCUT2D eigenvalue weighted by Crippen LogP contribution is -2.10. The van der Waals surface area contributed by atoms with E-state index in [0.29, 0.717) is 0 Å². The first-order valence-electron chi connectivity index (χ1n) is 4.25. The quantitative estimate of drug-likeness (QED) is 0.508. The van der Waals surface area contributed by atoms with Gasteiger partial charge in [0.15, 0.2) is 0 Å². The summed E-state index contributed by atoms with van der Waals surface area (Å²) in [4.78, 5) is 11.1. The van der Waals surface area contributed by atoms with Gasteiger partial charge in [-0.3, -0.25) is 0 Å². The van der Waals surface area contributed by atoms with Gasteiger partial charge in [0.25, 0.3) is 0 Å². The first-order valence-corrected chi connectivity index (χ1v) is 4.25. The molecule has 8 nitrogen and oxygen atoms in total. The van der Waals surface area contributed by atoms with Crippen molar-refractivity contribution in [1.82, 2.24) is 15.0 Å². The summed E-state index contributed by atoms with van der Waals surface area (Å²) in [5.41, 5.74) is 5.36. The second-order valence-electron chi connectivity index (χ2n) is 2.40. The van der Waals surface area contributed by atoms with Crippen LogP contribution in [0.5, 0.6) is 12.0 Å². The zero-order valence-electron chi connectivity index (χ0n) is 7.96. The fraction of sp³-hybridized carbons (Fsp3) is 0.571. The molecular weight excluding hydrogens is 204 g/mol. The molecule has 0 atom stereocenters. The monoisotopic (exact) mass is 216 g/mol. The molecule has 84 valence electrons. The predicted molar refractivity (Wildman–Crippen MR) is 49.4 cm³/mol. The van der Waals surface area contributed by atoms with Crippen molar-refractivity contribution in [3.63, 3.8) is 0 Å². The summed E-state index contributed by atoms with van der Waals surface area (Å²) < 4.78 is 9.84. The number of nitrogen functional groups attached to an aromatic ring is 1. The van der Waals surface area contributed by atoms with Gasteiger partial charge in [-0.2, -0.15) is 9.97 Å². The van der Waals surface area contributed by atoms with Crippen LogP contribution in [0.25, 0.3) is 0 Å². The molecule has 0 aliphatic rings. The van der Waals surface area contributed by atoms with Crippen molar-refractivity contribution in [3.8, 4) is 12.0 Å². The highest BCUT2D eigenvalue weighted by molar-refractivity contribution is 5.20. The van der Waals surface area contributed by atoms with Gasteiger partial charge in [0.1, 0.15) is 13.2 Å². The van der Waals surface area contributed by atoms with Crippen molar-refractivity contribution in [2.45, 2.75) is 0 Å². The van der Waals surface area contributed by atoms with Crippen LogP contribution in [0.15, 0.2) is 0 Å². The Kier molecular flexibility index (Phi) is 4.51. The average Bonchev–Trinajstić information content (AvgIpc) is 2.23. The van der Waals surface area contributed by atoms with Gasteiger partial charge in [0.2, 0.25) is 5.95 Å². The molecule has 1 aromatic rings. The minimum absolute atomic E-state index is 0.0236. The molecule has 0 unspecified atom stereocenters. The first-order chi connectivity index (χ1) is 7.26. The summed E-state index contributed by atoms with van der Waals surface area (Å²) in [5, 5.41) is 17.0. The largest absolute Gasteiger partial charge is 0.461 e. The molecule has 1 heterocycles. The summed E-state index contributed by atoms with van der Waals surface area (Å²) in [5.74, 6) is -0.0501. The lowest BCUT2D eigenvalue weighted by atomic mass is 10.8. The molecule has 0 amide bonds. The van der Waals surface area contributed by atoms with Crippen LogP contribution in [-0.4, -0.2) is 51.6 Å². The molecule has 4 N–H and O–H groups in total. The van der Waals surface area contributed by atoms with Crippen molar-refractivity contribution in [3.05, 3.63) is 0 Å². The molecule has 0 spiro atoms. The van der Waals surface area contributed by atoms with E-state index in [9.17, 15) is 0 Å². The van der Waals surface area contributed by atoms with Crippen molar-refractivity contribution in [1.29, 1.82) is 0 Å². The van der Waals surface area contributed by atoms with E-state index < -0.39 is 0 Å². The van der Waals surface area contributed by atoms with Gasteiger partial charge in [-0.1, -0.05) is 0 Å². The third-order valence-corrected chi connectivity index (χ3v) is 1.26. The number of hydrogen-bond donors (Lipinski definition) is 3. The molecule has 0 aliphatic carbocycles. The SMILES string of the molecule is Nc1nc(OCCO)nc(OCCO)n1. The molecular formula is C7H12N4O4. The van der Waals surface area contributed by atoms with E-state index in [0.717, 1.165) is 0 Å². The van der Waals surface area contributed by atoms with E-state index in [-0.39, 0.29) is 44.4 Å². The predicted octanol–water partition coefficient (Wildman–Crippen LogP) is -1.80. The minimum atomic E-state index is -0.154. The van der Waals surface area contributed by atoms with Crippen LogP contribution in [0.1, 0.15) is 0 Å². The van der Waals surface area contributed by atoms with Gasteiger partial charge in [0, 0.05) is 0 Å². The first kappa shape index (κ1) is 11.4.